The smallest absolute Gasteiger partial charge is 0.310 e. The molecule has 1 fully saturated rings. The molecular formula is C23H30N4O6S. The summed E-state index contributed by atoms with van der Waals surface area (Å²) in [7, 11) is 0. The molecule has 1 aliphatic rings. The Morgan fingerprint density at radius 3 is 2.85 bits per heavy atom. The van der Waals surface area contributed by atoms with Gasteiger partial charge in [0, 0.05) is 25.0 Å². The van der Waals surface area contributed by atoms with E-state index in [2.05, 4.69) is 10.3 Å². The lowest BCUT2D eigenvalue weighted by Crippen LogP contribution is -2.43. The third kappa shape index (κ3) is 6.89. The molecule has 0 aliphatic carbocycles. The summed E-state index contributed by atoms with van der Waals surface area (Å²) in [5.74, 6) is -1.22. The Kier molecular flexibility index (Phi) is 9.20. The van der Waals surface area contributed by atoms with Crippen LogP contribution in [0.5, 0.6) is 0 Å². The predicted molar refractivity (Wildman–Crippen MR) is 125 cm³/mol. The number of aromatic nitrogens is 1. The molecule has 11 heteroatoms. The molecule has 1 atom stereocenters. The summed E-state index contributed by atoms with van der Waals surface area (Å²) >= 11 is 1.22. The van der Waals surface area contributed by atoms with E-state index >= 15 is 0 Å². The van der Waals surface area contributed by atoms with Crippen LogP contribution in [0.1, 0.15) is 49.4 Å². The van der Waals surface area contributed by atoms with Crippen LogP contribution in [0.4, 0.5) is 5.13 Å². The summed E-state index contributed by atoms with van der Waals surface area (Å²) in [5, 5.41) is 4.78. The van der Waals surface area contributed by atoms with Crippen molar-refractivity contribution in [3.05, 3.63) is 35.2 Å². The third-order valence-corrected chi connectivity index (χ3v) is 6.18. The van der Waals surface area contributed by atoms with E-state index in [1.165, 1.54) is 22.5 Å². The third-order valence-electron chi connectivity index (χ3n) is 5.37. The molecular weight excluding hydrogens is 460 g/mol. The van der Waals surface area contributed by atoms with Crippen LogP contribution in [0.15, 0.2) is 28.2 Å². The largest absolute Gasteiger partial charge is 0.466 e. The molecule has 1 N–H and O–H groups in total. The van der Waals surface area contributed by atoms with E-state index in [9.17, 15) is 19.2 Å². The van der Waals surface area contributed by atoms with E-state index in [1.54, 1.807) is 29.3 Å². The Labute approximate surface area is 202 Å². The van der Waals surface area contributed by atoms with Gasteiger partial charge in [-0.1, -0.05) is 6.92 Å². The van der Waals surface area contributed by atoms with Crippen LogP contribution in [0, 0.1) is 5.92 Å². The molecule has 2 aromatic heterocycles. The number of carbonyl (C=O) groups is 4. The van der Waals surface area contributed by atoms with Crippen LogP contribution in [-0.2, 0) is 25.5 Å². The van der Waals surface area contributed by atoms with Gasteiger partial charge in [0.2, 0.25) is 11.8 Å². The SMILES string of the molecule is CCCN(CC(=O)Nc1nc(CC(=O)N2CCCC(C(=O)OCC)C2)cs1)C(=O)c1ccco1. The number of likely N-dealkylation sites (tertiary alicyclic amines) is 1. The summed E-state index contributed by atoms with van der Waals surface area (Å²) in [5.41, 5.74) is 0.542. The number of nitrogens with zero attached hydrogens (tertiary/aromatic N) is 3. The molecule has 3 heterocycles. The van der Waals surface area contributed by atoms with E-state index in [1.807, 2.05) is 6.92 Å². The highest BCUT2D eigenvalue weighted by atomic mass is 32.1. The van der Waals surface area contributed by atoms with Crippen molar-refractivity contribution in [1.29, 1.82) is 0 Å². The molecule has 0 spiro atoms. The van der Waals surface area contributed by atoms with Gasteiger partial charge in [0.15, 0.2) is 10.9 Å². The first kappa shape index (κ1) is 25.4. The molecule has 3 rings (SSSR count). The number of hydrogen-bond acceptors (Lipinski definition) is 8. The van der Waals surface area contributed by atoms with Crippen LogP contribution in [0.2, 0.25) is 0 Å². The van der Waals surface area contributed by atoms with E-state index in [4.69, 9.17) is 9.15 Å². The Balaban J connectivity index is 1.52. The first-order chi connectivity index (χ1) is 16.4. The minimum Gasteiger partial charge on any atom is -0.466 e. The second-order valence-corrected chi connectivity index (χ2v) is 8.86. The standard InChI is InChI=1S/C23H30N4O6S/c1-3-9-27(21(30)18-8-6-11-33-18)14-19(28)25-23-24-17(15-34-23)12-20(29)26-10-5-7-16(13-26)22(31)32-4-2/h6,8,11,15-16H,3-5,7,9-10,12-14H2,1-2H3,(H,24,25,28). The number of ether oxygens (including phenoxy) is 1. The molecule has 10 nitrogen and oxygen atoms in total. The summed E-state index contributed by atoms with van der Waals surface area (Å²) in [4.78, 5) is 57.2. The lowest BCUT2D eigenvalue weighted by Gasteiger charge is -2.31. The van der Waals surface area contributed by atoms with Crippen molar-refractivity contribution in [2.45, 2.75) is 39.5 Å². The first-order valence-corrected chi connectivity index (χ1v) is 12.3. The summed E-state index contributed by atoms with van der Waals surface area (Å²) in [6, 6.07) is 3.18. The van der Waals surface area contributed by atoms with E-state index < -0.39 is 0 Å². The van der Waals surface area contributed by atoms with Crippen molar-refractivity contribution in [3.8, 4) is 0 Å². The average molecular weight is 491 g/mol. The van der Waals surface area contributed by atoms with Crippen LogP contribution in [-0.4, -0.2) is 71.3 Å². The maximum absolute atomic E-state index is 12.7. The van der Waals surface area contributed by atoms with Gasteiger partial charge in [-0.15, -0.1) is 11.3 Å². The summed E-state index contributed by atoms with van der Waals surface area (Å²) < 4.78 is 10.2. The number of thiazole rings is 1. The molecule has 184 valence electrons. The zero-order valence-electron chi connectivity index (χ0n) is 19.5. The lowest BCUT2D eigenvalue weighted by atomic mass is 9.98. The molecule has 2 aromatic rings. The molecule has 1 saturated heterocycles. The van der Waals surface area contributed by atoms with Crippen LogP contribution in [0.25, 0.3) is 0 Å². The number of amides is 3. The van der Waals surface area contributed by atoms with E-state index in [-0.39, 0.29) is 48.3 Å². The second kappa shape index (κ2) is 12.3. The zero-order valence-corrected chi connectivity index (χ0v) is 20.3. The van der Waals surface area contributed by atoms with Gasteiger partial charge in [0.1, 0.15) is 6.54 Å². The van der Waals surface area contributed by atoms with E-state index in [0.717, 1.165) is 6.42 Å². The van der Waals surface area contributed by atoms with Gasteiger partial charge in [0.25, 0.3) is 5.91 Å². The Morgan fingerprint density at radius 1 is 1.32 bits per heavy atom. The Bertz CT molecular complexity index is 990. The molecule has 0 bridgehead atoms. The van der Waals surface area contributed by atoms with Crippen LogP contribution < -0.4 is 5.32 Å². The maximum Gasteiger partial charge on any atom is 0.310 e. The minimum atomic E-state index is -0.381. The highest BCUT2D eigenvalue weighted by molar-refractivity contribution is 7.13. The number of nitrogens with one attached hydrogen (secondary N) is 1. The lowest BCUT2D eigenvalue weighted by molar-refractivity contribution is -0.151. The van der Waals surface area contributed by atoms with Gasteiger partial charge in [-0.2, -0.15) is 0 Å². The average Bonchev–Trinajstić information content (AvgIpc) is 3.51. The fraction of sp³-hybridized carbons (Fsp3) is 0.522. The molecule has 1 unspecified atom stereocenters. The molecule has 34 heavy (non-hydrogen) atoms. The van der Waals surface area contributed by atoms with Crippen molar-refractivity contribution in [1.82, 2.24) is 14.8 Å². The highest BCUT2D eigenvalue weighted by Crippen LogP contribution is 2.21. The van der Waals surface area contributed by atoms with E-state index in [0.29, 0.717) is 49.9 Å². The maximum atomic E-state index is 12.7. The van der Waals surface area contributed by atoms with Gasteiger partial charge >= 0.3 is 5.97 Å². The minimum absolute atomic E-state index is 0.0842. The molecule has 3 amide bonds. The summed E-state index contributed by atoms with van der Waals surface area (Å²) in [6.45, 7) is 5.23. The highest BCUT2D eigenvalue weighted by Gasteiger charge is 2.29. The van der Waals surface area contributed by atoms with Crippen LogP contribution in [0.3, 0.4) is 0 Å². The zero-order chi connectivity index (χ0) is 24.5. The molecule has 1 aliphatic heterocycles. The van der Waals surface area contributed by atoms with Crippen molar-refractivity contribution < 1.29 is 28.3 Å². The normalized spacial score (nSPS) is 15.6. The molecule has 0 aromatic carbocycles. The number of piperidine rings is 1. The topological polar surface area (TPSA) is 122 Å². The molecule has 0 saturated carbocycles. The second-order valence-electron chi connectivity index (χ2n) is 8.00. The fourth-order valence-electron chi connectivity index (χ4n) is 3.78. The molecule has 0 radical (unpaired) electrons. The summed E-state index contributed by atoms with van der Waals surface area (Å²) in [6.07, 6.45) is 3.65. The van der Waals surface area contributed by atoms with Gasteiger partial charge in [-0.25, -0.2) is 4.98 Å². The van der Waals surface area contributed by atoms with Crippen molar-refractivity contribution in [3.63, 3.8) is 0 Å². The predicted octanol–water partition coefficient (Wildman–Crippen LogP) is 2.57. The van der Waals surface area contributed by atoms with Crippen molar-refractivity contribution >= 4 is 40.2 Å². The number of furan rings is 1. The number of rotatable bonds is 10. The van der Waals surface area contributed by atoms with Gasteiger partial charge in [-0.3, -0.25) is 19.2 Å². The number of hydrogen-bond donors (Lipinski definition) is 1. The quantitative estimate of drug-likeness (QED) is 0.508. The van der Waals surface area contributed by atoms with Crippen molar-refractivity contribution in [2.75, 3.05) is 38.1 Å². The van der Waals surface area contributed by atoms with Gasteiger partial charge in [0.05, 0.1) is 30.9 Å². The Morgan fingerprint density at radius 2 is 2.15 bits per heavy atom. The monoisotopic (exact) mass is 490 g/mol. The Hall–Kier alpha value is -3.21. The van der Waals surface area contributed by atoms with Gasteiger partial charge < -0.3 is 24.3 Å². The van der Waals surface area contributed by atoms with Crippen LogP contribution >= 0.6 is 11.3 Å². The van der Waals surface area contributed by atoms with Gasteiger partial charge in [-0.05, 0) is 38.3 Å². The number of esters is 1. The number of anilines is 1. The first-order valence-electron chi connectivity index (χ1n) is 11.4. The van der Waals surface area contributed by atoms with Crippen molar-refractivity contribution in [2.24, 2.45) is 5.92 Å². The number of carbonyl (C=O) groups excluding carboxylic acids is 4. The fourth-order valence-corrected chi connectivity index (χ4v) is 4.51.